The highest BCUT2D eigenvalue weighted by Gasteiger charge is 2.14. The Morgan fingerprint density at radius 2 is 1.75 bits per heavy atom. The summed E-state index contributed by atoms with van der Waals surface area (Å²) in [5.74, 6) is 0.857. The average molecular weight is 164 g/mol. The molecule has 0 atom stereocenters. The Balaban J connectivity index is 2.49. The van der Waals surface area contributed by atoms with Gasteiger partial charge in [0.25, 0.3) is 0 Å². The van der Waals surface area contributed by atoms with Gasteiger partial charge in [-0.15, -0.1) is 0 Å². The van der Waals surface area contributed by atoms with Crippen LogP contribution in [0.25, 0.3) is 0 Å². The van der Waals surface area contributed by atoms with Gasteiger partial charge in [-0.1, -0.05) is 43.1 Å². The molecule has 0 bridgehead atoms. The summed E-state index contributed by atoms with van der Waals surface area (Å²) < 4.78 is 0. The zero-order chi connectivity index (χ0) is 8.97. The number of allylic oxidation sites excluding steroid dienone is 3. The van der Waals surface area contributed by atoms with Gasteiger partial charge in [0.2, 0.25) is 0 Å². The van der Waals surface area contributed by atoms with Crippen LogP contribution in [0, 0.1) is 5.92 Å². The van der Waals surface area contributed by atoms with Crippen molar-refractivity contribution in [2.24, 2.45) is 5.92 Å². The van der Waals surface area contributed by atoms with Crippen molar-refractivity contribution < 1.29 is 0 Å². The summed E-state index contributed by atoms with van der Waals surface area (Å²) in [5, 5.41) is 0. The Hall–Kier alpha value is -0.520. The molecule has 0 heterocycles. The Labute approximate surface area is 76.4 Å². The Bertz CT molecular complexity index is 180. The number of rotatable bonds is 2. The summed E-state index contributed by atoms with van der Waals surface area (Å²) in [6.07, 6.45) is 9.33. The maximum Gasteiger partial charge on any atom is -0.0203 e. The molecule has 0 unspecified atom stereocenters. The van der Waals surface area contributed by atoms with E-state index in [1.165, 1.54) is 37.7 Å². The molecule has 1 rings (SSSR count). The molecule has 1 aliphatic carbocycles. The zero-order valence-corrected chi connectivity index (χ0v) is 8.40. The van der Waals surface area contributed by atoms with E-state index in [2.05, 4.69) is 26.5 Å². The third-order valence-corrected chi connectivity index (χ3v) is 2.72. The standard InChI is InChI=1S/C12H20/c1-10(2)9-11(3)12-7-5-4-6-8-12/h9,12H,1,4-8H2,2-3H3/b11-9+. The van der Waals surface area contributed by atoms with Gasteiger partial charge in [-0.2, -0.15) is 0 Å². The van der Waals surface area contributed by atoms with Crippen LogP contribution in [-0.2, 0) is 0 Å². The molecule has 0 spiro atoms. The summed E-state index contributed by atoms with van der Waals surface area (Å²) in [6, 6.07) is 0. The van der Waals surface area contributed by atoms with Crippen molar-refractivity contribution in [2.75, 3.05) is 0 Å². The Kier molecular flexibility index (Phi) is 3.58. The molecule has 0 heteroatoms. The van der Waals surface area contributed by atoms with Crippen molar-refractivity contribution in [3.05, 3.63) is 23.8 Å². The summed E-state index contributed by atoms with van der Waals surface area (Å²) in [6.45, 7) is 8.24. The summed E-state index contributed by atoms with van der Waals surface area (Å²) >= 11 is 0. The van der Waals surface area contributed by atoms with E-state index in [4.69, 9.17) is 0 Å². The van der Waals surface area contributed by atoms with Gasteiger partial charge >= 0.3 is 0 Å². The van der Waals surface area contributed by atoms with E-state index in [9.17, 15) is 0 Å². The first-order chi connectivity index (χ1) is 5.70. The van der Waals surface area contributed by atoms with Crippen molar-refractivity contribution >= 4 is 0 Å². The monoisotopic (exact) mass is 164 g/mol. The second kappa shape index (κ2) is 4.49. The first kappa shape index (κ1) is 9.57. The third-order valence-electron chi connectivity index (χ3n) is 2.72. The normalized spacial score (nSPS) is 21.0. The van der Waals surface area contributed by atoms with Crippen LogP contribution in [-0.4, -0.2) is 0 Å². The maximum absolute atomic E-state index is 3.91. The first-order valence-electron chi connectivity index (χ1n) is 5.04. The molecule has 0 aliphatic heterocycles. The SMILES string of the molecule is C=C(C)/C=C(\C)C1CCCCC1. The Morgan fingerprint density at radius 1 is 1.17 bits per heavy atom. The van der Waals surface area contributed by atoms with Gasteiger partial charge in [-0.25, -0.2) is 0 Å². The minimum atomic E-state index is 0.857. The molecular weight excluding hydrogens is 144 g/mol. The molecule has 0 N–H and O–H groups in total. The highest BCUT2D eigenvalue weighted by molar-refractivity contribution is 5.19. The Morgan fingerprint density at radius 3 is 2.25 bits per heavy atom. The molecule has 0 nitrogen and oxygen atoms in total. The van der Waals surface area contributed by atoms with E-state index >= 15 is 0 Å². The highest BCUT2D eigenvalue weighted by atomic mass is 14.2. The summed E-state index contributed by atoms with van der Waals surface area (Å²) in [5.41, 5.74) is 2.74. The first-order valence-corrected chi connectivity index (χ1v) is 5.04. The molecule has 1 fully saturated rings. The van der Waals surface area contributed by atoms with Gasteiger partial charge in [0, 0.05) is 0 Å². The third kappa shape index (κ3) is 2.84. The predicted octanol–water partition coefficient (Wildman–Crippen LogP) is 4.09. The second-order valence-corrected chi connectivity index (χ2v) is 4.07. The summed E-state index contributed by atoms with van der Waals surface area (Å²) in [7, 11) is 0. The minimum absolute atomic E-state index is 0.857. The molecule has 0 aromatic carbocycles. The lowest BCUT2D eigenvalue weighted by Crippen LogP contribution is -2.07. The van der Waals surface area contributed by atoms with Gasteiger partial charge in [-0.3, -0.25) is 0 Å². The van der Waals surface area contributed by atoms with Crippen LogP contribution in [0.1, 0.15) is 46.0 Å². The molecule has 0 aromatic rings. The van der Waals surface area contributed by atoms with Crippen LogP contribution >= 0.6 is 0 Å². The lowest BCUT2D eigenvalue weighted by atomic mass is 9.84. The van der Waals surface area contributed by atoms with Gasteiger partial charge in [0.15, 0.2) is 0 Å². The van der Waals surface area contributed by atoms with Crippen LogP contribution in [0.3, 0.4) is 0 Å². The fraction of sp³-hybridized carbons (Fsp3) is 0.667. The van der Waals surface area contributed by atoms with Gasteiger partial charge in [0.1, 0.15) is 0 Å². The van der Waals surface area contributed by atoms with Crippen molar-refractivity contribution in [2.45, 2.75) is 46.0 Å². The smallest absolute Gasteiger partial charge is 0.0203 e. The van der Waals surface area contributed by atoms with Crippen molar-refractivity contribution in [1.82, 2.24) is 0 Å². The molecule has 0 amide bonds. The summed E-state index contributed by atoms with van der Waals surface area (Å²) in [4.78, 5) is 0. The molecule has 0 radical (unpaired) electrons. The molecule has 68 valence electrons. The van der Waals surface area contributed by atoms with Crippen molar-refractivity contribution in [1.29, 1.82) is 0 Å². The number of hydrogen-bond acceptors (Lipinski definition) is 0. The van der Waals surface area contributed by atoms with Crippen LogP contribution in [0.15, 0.2) is 23.8 Å². The highest BCUT2D eigenvalue weighted by Crippen LogP contribution is 2.29. The van der Waals surface area contributed by atoms with Crippen molar-refractivity contribution in [3.63, 3.8) is 0 Å². The van der Waals surface area contributed by atoms with Crippen LogP contribution in [0.5, 0.6) is 0 Å². The molecule has 0 aromatic heterocycles. The van der Waals surface area contributed by atoms with E-state index in [1.54, 1.807) is 5.57 Å². The molecular formula is C12H20. The van der Waals surface area contributed by atoms with E-state index < -0.39 is 0 Å². The molecule has 1 aliphatic rings. The topological polar surface area (TPSA) is 0 Å². The predicted molar refractivity (Wildman–Crippen MR) is 55.1 cm³/mol. The lowest BCUT2D eigenvalue weighted by Gasteiger charge is -2.22. The van der Waals surface area contributed by atoms with Crippen LogP contribution in [0.2, 0.25) is 0 Å². The van der Waals surface area contributed by atoms with Crippen LogP contribution < -0.4 is 0 Å². The van der Waals surface area contributed by atoms with E-state index in [-0.39, 0.29) is 0 Å². The maximum atomic E-state index is 3.91. The zero-order valence-electron chi connectivity index (χ0n) is 8.40. The van der Waals surface area contributed by atoms with Gasteiger partial charge in [-0.05, 0) is 32.6 Å². The second-order valence-electron chi connectivity index (χ2n) is 4.07. The van der Waals surface area contributed by atoms with Gasteiger partial charge < -0.3 is 0 Å². The largest absolute Gasteiger partial charge is 0.0961 e. The molecule has 1 saturated carbocycles. The van der Waals surface area contributed by atoms with Crippen molar-refractivity contribution in [3.8, 4) is 0 Å². The van der Waals surface area contributed by atoms with E-state index in [1.807, 2.05) is 0 Å². The fourth-order valence-electron chi connectivity index (χ4n) is 2.06. The fourth-order valence-corrected chi connectivity index (χ4v) is 2.06. The van der Waals surface area contributed by atoms with E-state index in [0.29, 0.717) is 0 Å². The van der Waals surface area contributed by atoms with Crippen LogP contribution in [0.4, 0.5) is 0 Å². The molecule has 12 heavy (non-hydrogen) atoms. The van der Waals surface area contributed by atoms with E-state index in [0.717, 1.165) is 5.92 Å². The molecule has 0 saturated heterocycles. The average Bonchev–Trinajstić information content (AvgIpc) is 2.05. The minimum Gasteiger partial charge on any atom is -0.0961 e. The van der Waals surface area contributed by atoms with Gasteiger partial charge in [0.05, 0.1) is 0 Å². The number of hydrogen-bond donors (Lipinski definition) is 0. The lowest BCUT2D eigenvalue weighted by molar-refractivity contribution is 0.403. The quantitative estimate of drug-likeness (QED) is 0.539.